The van der Waals surface area contributed by atoms with Crippen LogP contribution in [0.5, 0.6) is 5.75 Å². The second kappa shape index (κ2) is 11.3. The first-order valence-electron chi connectivity index (χ1n) is 12.7. The first kappa shape index (κ1) is 24.6. The van der Waals surface area contributed by atoms with Gasteiger partial charge in [0.05, 0.1) is 37.2 Å². The number of hydrogen-bond donors (Lipinski definition) is 0. The summed E-state index contributed by atoms with van der Waals surface area (Å²) in [5.74, 6) is 1.90. The number of benzene rings is 2. The molecule has 0 unspecified atom stereocenters. The molecule has 0 spiro atoms. The van der Waals surface area contributed by atoms with Gasteiger partial charge in [0.15, 0.2) is 17.4 Å². The normalized spacial score (nSPS) is 16.8. The molecule has 37 heavy (non-hydrogen) atoms. The van der Waals surface area contributed by atoms with Gasteiger partial charge in [-0.05, 0) is 62.7 Å². The van der Waals surface area contributed by atoms with E-state index in [1.54, 1.807) is 30.6 Å². The molecular weight excluding hydrogens is 464 g/mol. The molecule has 2 aliphatic heterocycles. The number of hydrogen-bond acceptors (Lipinski definition) is 8. The minimum atomic E-state index is -0.00776. The summed E-state index contributed by atoms with van der Waals surface area (Å²) in [6.45, 7) is 4.04. The summed E-state index contributed by atoms with van der Waals surface area (Å²) in [5.41, 5.74) is 3.55. The standard InChI is InChI=1S/C29H30N6O2/c1-34-11-8-21(9-12-34)20-37-26-17-31-29(32-18-26)25-7-3-5-23(15-25)19-35-13-10-27(36)28(33-35)24-6-2-4-22(14-24)16-30/h2-7,14-15,17-18,21H,8-13,19-20H2,1H3. The average molecular weight is 495 g/mol. The van der Waals surface area contributed by atoms with Gasteiger partial charge in [0.25, 0.3) is 0 Å². The number of carbonyl (C=O) groups is 1. The number of nitrogens with zero attached hydrogens (tertiary/aromatic N) is 6. The van der Waals surface area contributed by atoms with Crippen molar-refractivity contribution in [3.8, 4) is 23.2 Å². The lowest BCUT2D eigenvalue weighted by atomic mass is 9.98. The van der Waals surface area contributed by atoms with Crippen LogP contribution in [0.3, 0.4) is 0 Å². The molecule has 0 radical (unpaired) electrons. The van der Waals surface area contributed by atoms with Crippen LogP contribution in [-0.4, -0.2) is 64.7 Å². The third-order valence-electron chi connectivity index (χ3n) is 6.87. The van der Waals surface area contributed by atoms with Gasteiger partial charge in [0.1, 0.15) is 5.71 Å². The van der Waals surface area contributed by atoms with Gasteiger partial charge in [-0.25, -0.2) is 9.97 Å². The predicted molar refractivity (Wildman–Crippen MR) is 141 cm³/mol. The maximum atomic E-state index is 12.5. The maximum absolute atomic E-state index is 12.5. The van der Waals surface area contributed by atoms with Gasteiger partial charge in [-0.3, -0.25) is 9.80 Å². The van der Waals surface area contributed by atoms with Crippen molar-refractivity contribution in [2.45, 2.75) is 25.8 Å². The predicted octanol–water partition coefficient (Wildman–Crippen LogP) is 3.91. The number of rotatable bonds is 7. The number of carbonyl (C=O) groups excluding carboxylic acids is 1. The zero-order valence-electron chi connectivity index (χ0n) is 21.0. The molecule has 0 bridgehead atoms. The van der Waals surface area contributed by atoms with Gasteiger partial charge in [0.2, 0.25) is 0 Å². The number of Topliss-reactive ketones (excluding diaryl/α,β-unsaturated/α-hetero) is 1. The monoisotopic (exact) mass is 494 g/mol. The van der Waals surface area contributed by atoms with Gasteiger partial charge < -0.3 is 9.64 Å². The Bertz CT molecular complexity index is 1320. The van der Waals surface area contributed by atoms with E-state index in [9.17, 15) is 10.1 Å². The summed E-state index contributed by atoms with van der Waals surface area (Å²) in [4.78, 5) is 24.0. The van der Waals surface area contributed by atoms with E-state index in [1.807, 2.05) is 29.3 Å². The molecule has 8 heteroatoms. The summed E-state index contributed by atoms with van der Waals surface area (Å²) in [7, 11) is 2.16. The average Bonchev–Trinajstić information content (AvgIpc) is 2.94. The van der Waals surface area contributed by atoms with Crippen molar-refractivity contribution < 1.29 is 9.53 Å². The first-order valence-corrected chi connectivity index (χ1v) is 12.7. The molecule has 0 saturated carbocycles. The highest BCUT2D eigenvalue weighted by Crippen LogP contribution is 2.22. The third kappa shape index (κ3) is 6.19. The van der Waals surface area contributed by atoms with Crippen LogP contribution in [-0.2, 0) is 11.3 Å². The van der Waals surface area contributed by atoms with E-state index < -0.39 is 0 Å². The number of piperidine rings is 1. The van der Waals surface area contributed by atoms with Crippen LogP contribution in [0.2, 0.25) is 0 Å². The quantitative estimate of drug-likeness (QED) is 0.491. The molecule has 0 atom stereocenters. The van der Waals surface area contributed by atoms with Crippen LogP contribution < -0.4 is 4.74 Å². The van der Waals surface area contributed by atoms with E-state index in [4.69, 9.17) is 4.74 Å². The molecule has 3 aromatic rings. The van der Waals surface area contributed by atoms with Crippen molar-refractivity contribution >= 4 is 11.5 Å². The molecule has 1 aromatic heterocycles. The Labute approximate surface area is 217 Å². The Hall–Kier alpha value is -4.09. The Balaban J connectivity index is 1.24. The fourth-order valence-electron chi connectivity index (χ4n) is 4.67. The molecule has 8 nitrogen and oxygen atoms in total. The zero-order valence-corrected chi connectivity index (χ0v) is 21.0. The largest absolute Gasteiger partial charge is 0.490 e. The minimum absolute atomic E-state index is 0.00776. The highest BCUT2D eigenvalue weighted by molar-refractivity contribution is 6.46. The van der Waals surface area contributed by atoms with Gasteiger partial charge >= 0.3 is 0 Å². The van der Waals surface area contributed by atoms with Crippen LogP contribution in [0.4, 0.5) is 0 Å². The van der Waals surface area contributed by atoms with Gasteiger partial charge in [-0.2, -0.15) is 10.4 Å². The van der Waals surface area contributed by atoms with Crippen molar-refractivity contribution in [1.82, 2.24) is 19.9 Å². The fourth-order valence-corrected chi connectivity index (χ4v) is 4.67. The number of nitriles is 1. The Morgan fingerprint density at radius 1 is 1.03 bits per heavy atom. The van der Waals surface area contributed by atoms with Crippen LogP contribution >= 0.6 is 0 Å². The van der Waals surface area contributed by atoms with E-state index in [1.165, 1.54) is 0 Å². The molecule has 5 rings (SSSR count). The van der Waals surface area contributed by atoms with E-state index in [0.29, 0.717) is 60.4 Å². The fraction of sp³-hybridized carbons (Fsp3) is 0.345. The molecule has 1 fully saturated rings. The molecule has 3 heterocycles. The molecule has 0 N–H and O–H groups in total. The van der Waals surface area contributed by atoms with Crippen molar-refractivity contribution in [3.05, 3.63) is 77.6 Å². The van der Waals surface area contributed by atoms with Crippen LogP contribution in [0, 0.1) is 17.2 Å². The lowest BCUT2D eigenvalue weighted by Crippen LogP contribution is -2.32. The topological polar surface area (TPSA) is 94.7 Å². The van der Waals surface area contributed by atoms with Crippen LogP contribution in [0.25, 0.3) is 11.4 Å². The molecule has 2 aliphatic rings. The first-order chi connectivity index (χ1) is 18.1. The summed E-state index contributed by atoms with van der Waals surface area (Å²) in [6.07, 6.45) is 6.19. The summed E-state index contributed by atoms with van der Waals surface area (Å²) < 4.78 is 5.96. The lowest BCUT2D eigenvalue weighted by molar-refractivity contribution is -0.114. The summed E-state index contributed by atoms with van der Waals surface area (Å²) in [6, 6.07) is 17.2. The van der Waals surface area contributed by atoms with Crippen molar-refractivity contribution in [2.75, 3.05) is 33.3 Å². The molecule has 0 amide bonds. The van der Waals surface area contributed by atoms with E-state index in [-0.39, 0.29) is 5.78 Å². The van der Waals surface area contributed by atoms with Gasteiger partial charge in [-0.15, -0.1) is 0 Å². The molecule has 0 aliphatic carbocycles. The molecule has 188 valence electrons. The molecule has 1 saturated heterocycles. The van der Waals surface area contributed by atoms with Gasteiger partial charge in [-0.1, -0.05) is 30.3 Å². The highest BCUT2D eigenvalue weighted by Gasteiger charge is 2.22. The van der Waals surface area contributed by atoms with Gasteiger partial charge in [0, 0.05) is 24.1 Å². The minimum Gasteiger partial charge on any atom is -0.490 e. The SMILES string of the molecule is CN1CCC(COc2cnc(-c3cccc(CN4CCC(=O)C(c5cccc(C#N)c5)=N4)c3)nc2)CC1. The Morgan fingerprint density at radius 2 is 1.78 bits per heavy atom. The smallest absolute Gasteiger partial charge is 0.185 e. The lowest BCUT2D eigenvalue weighted by Gasteiger charge is -2.28. The van der Waals surface area contributed by atoms with Crippen LogP contribution in [0.1, 0.15) is 36.0 Å². The van der Waals surface area contributed by atoms with E-state index in [2.05, 4.69) is 39.2 Å². The number of likely N-dealkylation sites (tertiary alicyclic amines) is 1. The van der Waals surface area contributed by atoms with E-state index >= 15 is 0 Å². The molecule has 2 aromatic carbocycles. The van der Waals surface area contributed by atoms with Crippen LogP contribution in [0.15, 0.2) is 66.0 Å². The number of ether oxygens (including phenoxy) is 1. The highest BCUT2D eigenvalue weighted by atomic mass is 16.5. The summed E-state index contributed by atoms with van der Waals surface area (Å²) in [5, 5.41) is 15.7. The van der Waals surface area contributed by atoms with Crippen molar-refractivity contribution in [1.29, 1.82) is 5.26 Å². The Morgan fingerprint density at radius 3 is 2.57 bits per heavy atom. The number of ketones is 1. The van der Waals surface area contributed by atoms with Crippen molar-refractivity contribution in [2.24, 2.45) is 11.0 Å². The second-order valence-corrected chi connectivity index (χ2v) is 9.70. The zero-order chi connectivity index (χ0) is 25.6. The Kier molecular flexibility index (Phi) is 7.52. The second-order valence-electron chi connectivity index (χ2n) is 9.70. The molecular formula is C29H30N6O2. The summed E-state index contributed by atoms with van der Waals surface area (Å²) >= 11 is 0. The maximum Gasteiger partial charge on any atom is 0.185 e. The van der Waals surface area contributed by atoms with E-state index in [0.717, 1.165) is 37.1 Å². The number of aromatic nitrogens is 2. The number of hydrazone groups is 1. The third-order valence-corrected chi connectivity index (χ3v) is 6.87. The van der Waals surface area contributed by atoms with Crippen molar-refractivity contribution in [3.63, 3.8) is 0 Å².